The van der Waals surface area contributed by atoms with E-state index in [1.165, 1.54) is 5.56 Å². The zero-order chi connectivity index (χ0) is 35.1. The predicted molar refractivity (Wildman–Crippen MR) is 215 cm³/mol. The molecule has 10 rings (SSSR count). The van der Waals surface area contributed by atoms with Gasteiger partial charge in [-0.2, -0.15) is 0 Å². The lowest BCUT2D eigenvalue weighted by atomic mass is 9.96. The summed E-state index contributed by atoms with van der Waals surface area (Å²) in [6.07, 6.45) is 0. The maximum Gasteiger partial charge on any atom is 0.164 e. The topological polar surface area (TPSA) is 64.7 Å². The van der Waals surface area contributed by atoms with Crippen LogP contribution in [0.25, 0.3) is 101 Å². The molecule has 3 aromatic heterocycles. The molecular formula is C48H30N4O. The largest absolute Gasteiger partial charge is 0.455 e. The van der Waals surface area contributed by atoms with Crippen molar-refractivity contribution in [2.24, 2.45) is 0 Å². The quantitative estimate of drug-likeness (QED) is 0.175. The van der Waals surface area contributed by atoms with Crippen LogP contribution >= 0.6 is 0 Å². The van der Waals surface area contributed by atoms with E-state index < -0.39 is 0 Å². The van der Waals surface area contributed by atoms with Crippen molar-refractivity contribution >= 4 is 32.8 Å². The predicted octanol–water partition coefficient (Wildman–Crippen LogP) is 12.3. The van der Waals surface area contributed by atoms with Gasteiger partial charge in [0.05, 0.1) is 22.0 Å². The van der Waals surface area contributed by atoms with Gasteiger partial charge in [-0.1, -0.05) is 170 Å². The Morgan fingerprint density at radius 1 is 0.321 bits per heavy atom. The van der Waals surface area contributed by atoms with Crippen LogP contribution in [0.3, 0.4) is 0 Å². The summed E-state index contributed by atoms with van der Waals surface area (Å²) in [4.78, 5) is 20.2. The van der Waals surface area contributed by atoms with E-state index >= 15 is 0 Å². The van der Waals surface area contributed by atoms with Gasteiger partial charge in [-0.3, -0.25) is 0 Å². The van der Waals surface area contributed by atoms with Crippen LogP contribution in [-0.4, -0.2) is 19.9 Å². The second kappa shape index (κ2) is 12.8. The van der Waals surface area contributed by atoms with Crippen molar-refractivity contribution < 1.29 is 4.42 Å². The minimum absolute atomic E-state index is 0.602. The molecule has 0 bridgehead atoms. The molecule has 0 unspecified atom stereocenters. The summed E-state index contributed by atoms with van der Waals surface area (Å²) in [5.41, 5.74) is 11.7. The zero-order valence-corrected chi connectivity index (χ0v) is 28.5. The number of hydrogen-bond donors (Lipinski definition) is 0. The fourth-order valence-electron chi connectivity index (χ4n) is 7.14. The molecule has 3 heterocycles. The molecule has 0 spiro atoms. The van der Waals surface area contributed by atoms with Gasteiger partial charge in [0.25, 0.3) is 0 Å². The number of hydrogen-bond acceptors (Lipinski definition) is 5. The molecule has 10 aromatic rings. The molecule has 0 saturated carbocycles. The molecule has 53 heavy (non-hydrogen) atoms. The lowest BCUT2D eigenvalue weighted by molar-refractivity contribution is 0.672. The number of furan rings is 1. The van der Waals surface area contributed by atoms with Gasteiger partial charge in [0.15, 0.2) is 17.5 Å². The Bertz CT molecular complexity index is 2900. The van der Waals surface area contributed by atoms with Crippen molar-refractivity contribution in [3.05, 3.63) is 182 Å². The van der Waals surface area contributed by atoms with Crippen LogP contribution in [0.2, 0.25) is 0 Å². The SMILES string of the molecule is c1ccc(-c2ccc(-c3nc(-c4ccccc4)nc(-c4ccc(-c5nc6cccc(-c7ccccc7)c6c6oc7ccccc7c56)cc4)n3)cc2)cc1. The third-order valence-corrected chi connectivity index (χ3v) is 9.75. The maximum atomic E-state index is 6.66. The van der Waals surface area contributed by atoms with E-state index in [0.29, 0.717) is 17.5 Å². The van der Waals surface area contributed by atoms with E-state index in [1.807, 2.05) is 54.6 Å². The van der Waals surface area contributed by atoms with Crippen molar-refractivity contribution in [2.75, 3.05) is 0 Å². The van der Waals surface area contributed by atoms with E-state index in [9.17, 15) is 0 Å². The summed E-state index contributed by atoms with van der Waals surface area (Å²) in [5, 5.41) is 3.04. The second-order valence-corrected chi connectivity index (χ2v) is 13.0. The molecule has 0 aliphatic carbocycles. The molecule has 7 aromatic carbocycles. The smallest absolute Gasteiger partial charge is 0.164 e. The van der Waals surface area contributed by atoms with Crippen molar-refractivity contribution in [3.8, 4) is 67.7 Å². The number of benzene rings is 7. The van der Waals surface area contributed by atoms with E-state index in [4.69, 9.17) is 24.4 Å². The van der Waals surface area contributed by atoms with Crippen LogP contribution in [0, 0.1) is 0 Å². The lowest BCUT2D eigenvalue weighted by Gasteiger charge is -2.12. The highest BCUT2D eigenvalue weighted by Crippen LogP contribution is 2.42. The summed E-state index contributed by atoms with van der Waals surface area (Å²) in [7, 11) is 0. The number of para-hydroxylation sites is 1. The Morgan fingerprint density at radius 3 is 1.42 bits per heavy atom. The molecule has 0 amide bonds. The van der Waals surface area contributed by atoms with Crippen LogP contribution in [0.4, 0.5) is 0 Å². The molecule has 0 radical (unpaired) electrons. The average Bonchev–Trinajstić information content (AvgIpc) is 3.64. The molecular weight excluding hydrogens is 649 g/mol. The average molecular weight is 679 g/mol. The molecule has 0 N–H and O–H groups in total. The Hall–Kier alpha value is -7.24. The van der Waals surface area contributed by atoms with Gasteiger partial charge >= 0.3 is 0 Å². The maximum absolute atomic E-state index is 6.66. The number of rotatable bonds is 6. The van der Waals surface area contributed by atoms with Crippen molar-refractivity contribution in [1.29, 1.82) is 0 Å². The first-order chi connectivity index (χ1) is 26.3. The number of fused-ring (bicyclic) bond motifs is 5. The summed E-state index contributed by atoms with van der Waals surface area (Å²) in [6.45, 7) is 0. The number of pyridine rings is 1. The fraction of sp³-hybridized carbons (Fsp3) is 0. The van der Waals surface area contributed by atoms with Gasteiger partial charge in [-0.15, -0.1) is 0 Å². The first kappa shape index (κ1) is 30.6. The molecule has 5 heteroatoms. The highest BCUT2D eigenvalue weighted by atomic mass is 16.3. The van der Waals surface area contributed by atoms with Gasteiger partial charge in [-0.25, -0.2) is 19.9 Å². The van der Waals surface area contributed by atoms with Gasteiger partial charge in [0, 0.05) is 27.6 Å². The second-order valence-electron chi connectivity index (χ2n) is 13.0. The molecule has 248 valence electrons. The first-order valence-electron chi connectivity index (χ1n) is 17.6. The van der Waals surface area contributed by atoms with Crippen LogP contribution in [0.1, 0.15) is 0 Å². The molecule has 0 aliphatic rings. The van der Waals surface area contributed by atoms with Gasteiger partial charge in [0.1, 0.15) is 11.2 Å². The third-order valence-electron chi connectivity index (χ3n) is 9.75. The lowest BCUT2D eigenvalue weighted by Crippen LogP contribution is -2.00. The van der Waals surface area contributed by atoms with Gasteiger partial charge in [-0.05, 0) is 34.4 Å². The van der Waals surface area contributed by atoms with Gasteiger partial charge in [0.2, 0.25) is 0 Å². The molecule has 0 atom stereocenters. The molecule has 5 nitrogen and oxygen atoms in total. The minimum atomic E-state index is 0.602. The highest BCUT2D eigenvalue weighted by Gasteiger charge is 2.20. The minimum Gasteiger partial charge on any atom is -0.455 e. The monoisotopic (exact) mass is 678 g/mol. The zero-order valence-electron chi connectivity index (χ0n) is 28.5. The Kier molecular flexibility index (Phi) is 7.40. The molecule has 0 saturated heterocycles. The van der Waals surface area contributed by atoms with Crippen LogP contribution in [-0.2, 0) is 0 Å². The molecule has 0 fully saturated rings. The number of nitrogens with zero attached hydrogens (tertiary/aromatic N) is 4. The Labute approximate surface area is 305 Å². The Balaban J connectivity index is 1.10. The summed E-state index contributed by atoms with van der Waals surface area (Å²) < 4.78 is 6.66. The summed E-state index contributed by atoms with van der Waals surface area (Å²) in [6, 6.07) is 62.1. The highest BCUT2D eigenvalue weighted by molar-refractivity contribution is 6.22. The van der Waals surface area contributed by atoms with Crippen LogP contribution in [0.5, 0.6) is 0 Å². The molecule has 0 aliphatic heterocycles. The first-order valence-corrected chi connectivity index (χ1v) is 17.6. The fourth-order valence-corrected chi connectivity index (χ4v) is 7.14. The van der Waals surface area contributed by atoms with Crippen LogP contribution < -0.4 is 0 Å². The summed E-state index contributed by atoms with van der Waals surface area (Å²) >= 11 is 0. The third kappa shape index (κ3) is 5.52. The normalized spacial score (nSPS) is 11.4. The van der Waals surface area contributed by atoms with Gasteiger partial charge < -0.3 is 4.42 Å². The van der Waals surface area contributed by atoms with Crippen LogP contribution in [0.15, 0.2) is 186 Å². The van der Waals surface area contributed by atoms with E-state index in [0.717, 1.165) is 77.5 Å². The Morgan fingerprint density at radius 2 is 0.792 bits per heavy atom. The summed E-state index contributed by atoms with van der Waals surface area (Å²) in [5.74, 6) is 1.85. The van der Waals surface area contributed by atoms with E-state index in [1.54, 1.807) is 0 Å². The number of aromatic nitrogens is 4. The standard InChI is InChI=1S/C48H30N4O/c1-4-13-31(14-5-1)32-23-27-36(28-24-32)47-50-46(35-17-8-3-9-18-35)51-48(52-47)37-29-25-34(26-30-37)44-43-39-19-10-11-22-41(39)53-45(43)42-38(20-12-21-40(42)49-44)33-15-6-2-7-16-33/h1-30H. The van der Waals surface area contributed by atoms with Crippen molar-refractivity contribution in [1.82, 2.24) is 19.9 Å². The van der Waals surface area contributed by atoms with E-state index in [-0.39, 0.29) is 0 Å². The van der Waals surface area contributed by atoms with Crippen molar-refractivity contribution in [2.45, 2.75) is 0 Å². The van der Waals surface area contributed by atoms with E-state index in [2.05, 4.69) is 127 Å². The van der Waals surface area contributed by atoms with Crippen molar-refractivity contribution in [3.63, 3.8) is 0 Å².